The summed E-state index contributed by atoms with van der Waals surface area (Å²) in [6.07, 6.45) is 10.1. The minimum atomic E-state index is 0.542. The van der Waals surface area contributed by atoms with E-state index in [1.807, 2.05) is 0 Å². The van der Waals surface area contributed by atoms with Gasteiger partial charge >= 0.3 is 0 Å². The van der Waals surface area contributed by atoms with Gasteiger partial charge in [0.05, 0.1) is 0 Å². The van der Waals surface area contributed by atoms with Gasteiger partial charge in [0.25, 0.3) is 0 Å². The molecule has 3 aliphatic rings. The van der Waals surface area contributed by atoms with Crippen molar-refractivity contribution in [3.05, 3.63) is 0 Å². The molecule has 0 spiro atoms. The van der Waals surface area contributed by atoms with Crippen molar-refractivity contribution in [2.24, 2.45) is 0 Å². The summed E-state index contributed by atoms with van der Waals surface area (Å²) in [5, 5.41) is 3.55. The Balaban J connectivity index is 1.60. The molecule has 3 fully saturated rings. The summed E-state index contributed by atoms with van der Waals surface area (Å²) in [6, 6.07) is 0.542. The Labute approximate surface area is 132 Å². The molecule has 22 heavy (non-hydrogen) atoms. The molecule has 0 bridgehead atoms. The third-order valence-corrected chi connectivity index (χ3v) is 5.08. The molecule has 6 nitrogen and oxygen atoms in total. The van der Waals surface area contributed by atoms with E-state index in [1.165, 1.54) is 51.4 Å². The first-order valence-electron chi connectivity index (χ1n) is 8.91. The molecule has 1 N–H and O–H groups in total. The van der Waals surface area contributed by atoms with E-state index in [0.717, 1.165) is 44.0 Å². The lowest BCUT2D eigenvalue weighted by molar-refractivity contribution is 0.737. The van der Waals surface area contributed by atoms with Crippen LogP contribution >= 0.6 is 0 Å². The van der Waals surface area contributed by atoms with E-state index < -0.39 is 0 Å². The average molecular weight is 302 g/mol. The topological polar surface area (TPSA) is 57.2 Å². The maximum absolute atomic E-state index is 4.76. The molecular weight excluding hydrogens is 276 g/mol. The highest BCUT2D eigenvalue weighted by molar-refractivity contribution is 5.46. The molecule has 2 aliphatic heterocycles. The summed E-state index contributed by atoms with van der Waals surface area (Å²) in [4.78, 5) is 18.8. The smallest absolute Gasteiger partial charge is 0.231 e. The van der Waals surface area contributed by atoms with Crippen LogP contribution in [0.4, 0.5) is 17.8 Å². The quantitative estimate of drug-likeness (QED) is 0.922. The van der Waals surface area contributed by atoms with E-state index in [9.17, 15) is 0 Å². The van der Waals surface area contributed by atoms with Gasteiger partial charge in [0, 0.05) is 32.2 Å². The van der Waals surface area contributed by atoms with Crippen molar-refractivity contribution in [3.63, 3.8) is 0 Å². The third-order valence-electron chi connectivity index (χ3n) is 5.08. The number of rotatable bonds is 4. The van der Waals surface area contributed by atoms with Crippen LogP contribution in [0.2, 0.25) is 0 Å². The van der Waals surface area contributed by atoms with E-state index in [-0.39, 0.29) is 0 Å². The maximum Gasteiger partial charge on any atom is 0.231 e. The molecule has 1 saturated carbocycles. The third kappa shape index (κ3) is 2.96. The number of hydrogen-bond donors (Lipinski definition) is 1. The Kier molecular flexibility index (Phi) is 3.99. The highest BCUT2D eigenvalue weighted by atomic mass is 15.4. The Hall–Kier alpha value is -1.59. The Morgan fingerprint density at radius 1 is 0.682 bits per heavy atom. The summed E-state index contributed by atoms with van der Waals surface area (Å²) < 4.78 is 0. The average Bonchev–Trinajstić information content (AvgIpc) is 3.29. The lowest BCUT2D eigenvalue weighted by Gasteiger charge is -2.21. The molecule has 0 amide bonds. The van der Waals surface area contributed by atoms with Gasteiger partial charge in [-0.3, -0.25) is 0 Å². The van der Waals surface area contributed by atoms with E-state index in [1.54, 1.807) is 0 Å². The molecule has 1 aromatic heterocycles. The van der Waals surface area contributed by atoms with Gasteiger partial charge in [-0.1, -0.05) is 12.8 Å². The summed E-state index contributed by atoms with van der Waals surface area (Å²) in [5.41, 5.74) is 0. The first-order chi connectivity index (χ1) is 10.9. The summed E-state index contributed by atoms with van der Waals surface area (Å²) in [5.74, 6) is 2.52. The van der Waals surface area contributed by atoms with Crippen LogP contribution in [-0.2, 0) is 0 Å². The summed E-state index contributed by atoms with van der Waals surface area (Å²) in [6.45, 7) is 4.30. The van der Waals surface area contributed by atoms with Crippen LogP contribution < -0.4 is 15.1 Å². The lowest BCUT2D eigenvalue weighted by atomic mass is 10.3. The number of anilines is 3. The minimum Gasteiger partial charge on any atom is -0.351 e. The Bertz CT molecular complexity index is 467. The van der Waals surface area contributed by atoms with Crippen molar-refractivity contribution in [3.8, 4) is 0 Å². The highest BCUT2D eigenvalue weighted by Crippen LogP contribution is 2.25. The second-order valence-corrected chi connectivity index (χ2v) is 6.77. The Morgan fingerprint density at radius 2 is 1.18 bits per heavy atom. The zero-order valence-electron chi connectivity index (χ0n) is 13.3. The SMILES string of the molecule is C1CCC(Nc2nc(N3CCCC3)nc(N3CCCC3)n2)C1. The van der Waals surface area contributed by atoms with Crippen LogP contribution in [0.3, 0.4) is 0 Å². The van der Waals surface area contributed by atoms with E-state index >= 15 is 0 Å². The zero-order chi connectivity index (χ0) is 14.8. The normalized spacial score (nSPS) is 22.7. The number of hydrogen-bond acceptors (Lipinski definition) is 6. The molecule has 0 unspecified atom stereocenters. The van der Waals surface area contributed by atoms with Crippen LogP contribution in [0.5, 0.6) is 0 Å². The molecule has 4 rings (SSSR count). The fourth-order valence-electron chi connectivity index (χ4n) is 3.79. The summed E-state index contributed by atoms with van der Waals surface area (Å²) in [7, 11) is 0. The highest BCUT2D eigenvalue weighted by Gasteiger charge is 2.23. The van der Waals surface area contributed by atoms with Crippen molar-refractivity contribution in [1.29, 1.82) is 0 Å². The van der Waals surface area contributed by atoms with E-state index in [2.05, 4.69) is 15.1 Å². The second kappa shape index (κ2) is 6.26. The Morgan fingerprint density at radius 3 is 1.68 bits per heavy atom. The molecule has 120 valence electrons. The molecule has 2 saturated heterocycles. The van der Waals surface area contributed by atoms with E-state index in [0.29, 0.717) is 6.04 Å². The number of nitrogens with one attached hydrogen (secondary N) is 1. The summed E-state index contributed by atoms with van der Waals surface area (Å²) >= 11 is 0. The van der Waals surface area contributed by atoms with Crippen LogP contribution in [0.15, 0.2) is 0 Å². The van der Waals surface area contributed by atoms with Crippen molar-refractivity contribution in [1.82, 2.24) is 15.0 Å². The van der Waals surface area contributed by atoms with Gasteiger partial charge in [-0.2, -0.15) is 15.0 Å². The van der Waals surface area contributed by atoms with Crippen LogP contribution in [0.1, 0.15) is 51.4 Å². The van der Waals surface area contributed by atoms with E-state index in [4.69, 9.17) is 15.0 Å². The zero-order valence-corrected chi connectivity index (χ0v) is 13.3. The van der Waals surface area contributed by atoms with Crippen molar-refractivity contribution in [2.75, 3.05) is 41.3 Å². The molecule has 1 aromatic rings. The van der Waals surface area contributed by atoms with Gasteiger partial charge in [-0.25, -0.2) is 0 Å². The monoisotopic (exact) mass is 302 g/mol. The molecule has 6 heteroatoms. The second-order valence-electron chi connectivity index (χ2n) is 6.77. The van der Waals surface area contributed by atoms with Crippen molar-refractivity contribution in [2.45, 2.75) is 57.4 Å². The van der Waals surface area contributed by atoms with Gasteiger partial charge in [-0.05, 0) is 38.5 Å². The maximum atomic E-state index is 4.76. The van der Waals surface area contributed by atoms with Crippen LogP contribution in [-0.4, -0.2) is 47.2 Å². The van der Waals surface area contributed by atoms with Gasteiger partial charge in [-0.15, -0.1) is 0 Å². The number of nitrogens with zero attached hydrogens (tertiary/aromatic N) is 5. The standard InChI is InChI=1S/C16H26N6/c1-2-8-13(7-1)17-14-18-15(21-9-3-4-10-21)20-16(19-14)22-11-5-6-12-22/h13H,1-12H2,(H,17,18,19,20). The van der Waals surface area contributed by atoms with Crippen molar-refractivity contribution < 1.29 is 0 Å². The van der Waals surface area contributed by atoms with Crippen molar-refractivity contribution >= 4 is 17.8 Å². The first kappa shape index (κ1) is 14.0. The predicted molar refractivity (Wildman–Crippen MR) is 88.6 cm³/mol. The molecule has 1 aliphatic carbocycles. The van der Waals surface area contributed by atoms with Gasteiger partial charge in [0.15, 0.2) is 0 Å². The fraction of sp³-hybridized carbons (Fsp3) is 0.812. The molecular formula is C16H26N6. The molecule has 0 atom stereocenters. The lowest BCUT2D eigenvalue weighted by Crippen LogP contribution is -2.27. The van der Waals surface area contributed by atoms with Gasteiger partial charge in [0.2, 0.25) is 17.8 Å². The van der Waals surface area contributed by atoms with Gasteiger partial charge < -0.3 is 15.1 Å². The first-order valence-corrected chi connectivity index (χ1v) is 8.91. The van der Waals surface area contributed by atoms with Crippen LogP contribution in [0.25, 0.3) is 0 Å². The molecule has 3 heterocycles. The molecule has 0 radical (unpaired) electrons. The molecule has 0 aromatic carbocycles. The largest absolute Gasteiger partial charge is 0.351 e. The minimum absolute atomic E-state index is 0.542. The van der Waals surface area contributed by atoms with Gasteiger partial charge in [0.1, 0.15) is 0 Å². The number of aromatic nitrogens is 3. The van der Waals surface area contributed by atoms with Crippen LogP contribution in [0, 0.1) is 0 Å². The predicted octanol–water partition coefficient (Wildman–Crippen LogP) is 2.43. The fourth-order valence-corrected chi connectivity index (χ4v) is 3.79.